The molecule has 7 heteroatoms. The third-order valence-electron chi connectivity index (χ3n) is 1.76. The van der Waals surface area contributed by atoms with E-state index in [-0.39, 0.29) is 4.99 Å². The lowest BCUT2D eigenvalue weighted by atomic mass is 10.2. The molecule has 2 amide bonds. The van der Waals surface area contributed by atoms with Gasteiger partial charge in [-0.2, -0.15) is 13.4 Å². The summed E-state index contributed by atoms with van der Waals surface area (Å²) in [5.74, 6) is 0. The summed E-state index contributed by atoms with van der Waals surface area (Å²) in [6.07, 6.45) is 2.12. The summed E-state index contributed by atoms with van der Waals surface area (Å²) < 4.78 is 21.4. The molecule has 0 aromatic heterocycles. The number of urea groups is 1. The van der Waals surface area contributed by atoms with Crippen molar-refractivity contribution in [2.75, 3.05) is 6.54 Å². The summed E-state index contributed by atoms with van der Waals surface area (Å²) in [7, 11) is -2.28. The summed E-state index contributed by atoms with van der Waals surface area (Å²) in [4.78, 5) is 10.7. The molecular formula is C6H11N3O3S. The highest BCUT2D eigenvalue weighted by molar-refractivity contribution is 7.72. The molecule has 1 fully saturated rings. The fraction of sp³-hybridized carbons (Fsp3) is 0.667. The van der Waals surface area contributed by atoms with Crippen LogP contribution in [0.1, 0.15) is 19.3 Å². The molecule has 74 valence electrons. The van der Waals surface area contributed by atoms with Crippen LogP contribution < -0.4 is 11.2 Å². The van der Waals surface area contributed by atoms with E-state index in [1.54, 1.807) is 0 Å². The Kier molecular flexibility index (Phi) is 3.26. The first-order valence-corrected chi connectivity index (χ1v) is 4.97. The van der Waals surface area contributed by atoms with Crippen molar-refractivity contribution in [2.24, 2.45) is 5.73 Å². The highest BCUT2D eigenvalue weighted by Crippen LogP contribution is 2.08. The summed E-state index contributed by atoms with van der Waals surface area (Å²) in [6.45, 7) is 0.492. The van der Waals surface area contributed by atoms with Gasteiger partial charge in [0, 0.05) is 6.54 Å². The van der Waals surface area contributed by atoms with E-state index in [1.165, 1.54) is 5.01 Å². The number of carbonyl (C=O) groups is 1. The highest BCUT2D eigenvalue weighted by Gasteiger charge is 2.19. The van der Waals surface area contributed by atoms with Gasteiger partial charge in [-0.05, 0) is 19.3 Å². The minimum absolute atomic E-state index is 0.199. The van der Waals surface area contributed by atoms with Crippen LogP contribution in [0.25, 0.3) is 0 Å². The predicted octanol–water partition coefficient (Wildman–Crippen LogP) is -0.935. The van der Waals surface area contributed by atoms with Crippen molar-refractivity contribution in [3.8, 4) is 0 Å². The lowest BCUT2D eigenvalue weighted by Gasteiger charge is -2.25. The van der Waals surface area contributed by atoms with E-state index in [4.69, 9.17) is 5.73 Å². The molecule has 13 heavy (non-hydrogen) atoms. The fourth-order valence-electron chi connectivity index (χ4n) is 1.23. The lowest BCUT2D eigenvalue weighted by molar-refractivity contribution is 0.221. The minimum atomic E-state index is -2.28. The summed E-state index contributed by atoms with van der Waals surface area (Å²) >= 11 is 0. The standard InChI is InChI=1S/C6H11N3O3S/c7-6(10)8-9-4-2-1-3-5(9)13(11)12/h1-4H2,(H3,7,8,10). The maximum atomic E-state index is 10.7. The molecule has 0 aromatic carbocycles. The van der Waals surface area contributed by atoms with Gasteiger partial charge in [-0.15, -0.1) is 0 Å². The molecule has 1 aliphatic rings. The number of primary amides is 1. The van der Waals surface area contributed by atoms with Gasteiger partial charge in [0.25, 0.3) is 0 Å². The number of hydrogen-bond donors (Lipinski definition) is 2. The maximum Gasteiger partial charge on any atom is 0.327 e. The van der Waals surface area contributed by atoms with Crippen molar-refractivity contribution in [3.05, 3.63) is 0 Å². The first-order chi connectivity index (χ1) is 6.11. The minimum Gasteiger partial charge on any atom is -0.351 e. The average molecular weight is 205 g/mol. The Balaban J connectivity index is 2.80. The molecule has 1 aliphatic heterocycles. The number of rotatable bonds is 1. The van der Waals surface area contributed by atoms with Crippen LogP contribution in [0.15, 0.2) is 0 Å². The van der Waals surface area contributed by atoms with Gasteiger partial charge in [0.2, 0.25) is 10.3 Å². The molecule has 1 rings (SSSR count). The Morgan fingerprint density at radius 2 is 2.15 bits per heavy atom. The van der Waals surface area contributed by atoms with Crippen molar-refractivity contribution in [3.63, 3.8) is 0 Å². The van der Waals surface area contributed by atoms with Crippen LogP contribution in [-0.2, 0) is 10.3 Å². The van der Waals surface area contributed by atoms with E-state index < -0.39 is 16.3 Å². The third kappa shape index (κ3) is 2.71. The zero-order valence-corrected chi connectivity index (χ0v) is 7.80. The second-order valence-electron chi connectivity index (χ2n) is 2.71. The molecule has 6 nitrogen and oxygen atoms in total. The Hall–Kier alpha value is -1.08. The van der Waals surface area contributed by atoms with Crippen LogP contribution in [0.2, 0.25) is 0 Å². The first kappa shape index (κ1) is 10.0. The zero-order chi connectivity index (χ0) is 9.84. The van der Waals surface area contributed by atoms with Crippen LogP contribution in [-0.4, -0.2) is 31.0 Å². The number of nitrogens with one attached hydrogen (secondary N) is 1. The molecule has 0 unspecified atom stereocenters. The zero-order valence-electron chi connectivity index (χ0n) is 6.99. The Labute approximate surface area is 77.2 Å². The van der Waals surface area contributed by atoms with Crippen molar-refractivity contribution < 1.29 is 13.2 Å². The van der Waals surface area contributed by atoms with Gasteiger partial charge in [0.05, 0.1) is 0 Å². The van der Waals surface area contributed by atoms with Crippen LogP contribution in [0.4, 0.5) is 4.79 Å². The molecule has 0 radical (unpaired) electrons. The van der Waals surface area contributed by atoms with Crippen LogP contribution in [0, 0.1) is 0 Å². The third-order valence-corrected chi connectivity index (χ3v) is 2.57. The SMILES string of the molecule is NC(=O)NN1CCCCC1=S(=O)=O. The second-order valence-corrected chi connectivity index (χ2v) is 3.65. The smallest absolute Gasteiger partial charge is 0.327 e. The summed E-state index contributed by atoms with van der Waals surface area (Å²) in [5.41, 5.74) is 7.13. The van der Waals surface area contributed by atoms with Crippen LogP contribution in [0.5, 0.6) is 0 Å². The largest absolute Gasteiger partial charge is 0.351 e. The summed E-state index contributed by atoms with van der Waals surface area (Å²) in [5, 5.41) is 1.29. The molecule has 0 aliphatic carbocycles. The number of nitrogens with zero attached hydrogens (tertiary/aromatic N) is 1. The fourth-order valence-corrected chi connectivity index (χ4v) is 1.86. The molecule has 1 saturated heterocycles. The second kappa shape index (κ2) is 4.24. The van der Waals surface area contributed by atoms with Crippen molar-refractivity contribution >= 4 is 21.3 Å². The van der Waals surface area contributed by atoms with Gasteiger partial charge >= 0.3 is 6.03 Å². The maximum absolute atomic E-state index is 10.7. The molecule has 1 heterocycles. The normalized spacial score (nSPS) is 18.3. The van der Waals surface area contributed by atoms with E-state index >= 15 is 0 Å². The number of piperidine rings is 1. The molecule has 0 bridgehead atoms. The molecule has 0 saturated carbocycles. The van der Waals surface area contributed by atoms with Gasteiger partial charge in [0.15, 0.2) is 0 Å². The predicted molar refractivity (Wildman–Crippen MR) is 47.2 cm³/mol. The van der Waals surface area contributed by atoms with Crippen molar-refractivity contribution in [2.45, 2.75) is 19.3 Å². The van der Waals surface area contributed by atoms with E-state index in [9.17, 15) is 13.2 Å². The molecular weight excluding hydrogens is 194 g/mol. The Bertz CT molecular complexity index is 327. The number of hydrogen-bond acceptors (Lipinski definition) is 3. The number of amides is 2. The van der Waals surface area contributed by atoms with Gasteiger partial charge in [-0.3, -0.25) is 5.43 Å². The topological polar surface area (TPSA) is 92.5 Å². The Morgan fingerprint density at radius 1 is 1.46 bits per heavy atom. The molecule has 0 aromatic rings. The summed E-state index contributed by atoms with van der Waals surface area (Å²) in [6, 6.07) is -0.746. The Morgan fingerprint density at radius 3 is 2.69 bits per heavy atom. The van der Waals surface area contributed by atoms with Crippen molar-refractivity contribution in [1.82, 2.24) is 10.4 Å². The molecule has 0 atom stereocenters. The average Bonchev–Trinajstić information content (AvgIpc) is 2.03. The first-order valence-electron chi connectivity index (χ1n) is 3.90. The van der Waals surface area contributed by atoms with Gasteiger partial charge < -0.3 is 5.73 Å². The van der Waals surface area contributed by atoms with E-state index in [1.807, 2.05) is 0 Å². The van der Waals surface area contributed by atoms with Crippen LogP contribution >= 0.6 is 0 Å². The van der Waals surface area contributed by atoms with Crippen molar-refractivity contribution in [1.29, 1.82) is 0 Å². The van der Waals surface area contributed by atoms with E-state index in [0.29, 0.717) is 13.0 Å². The highest BCUT2D eigenvalue weighted by atomic mass is 32.2. The number of hydrazine groups is 1. The quantitative estimate of drug-likeness (QED) is 0.540. The monoisotopic (exact) mass is 205 g/mol. The van der Waals surface area contributed by atoms with E-state index in [0.717, 1.165) is 12.8 Å². The van der Waals surface area contributed by atoms with Gasteiger partial charge in [-0.1, -0.05) is 0 Å². The number of carbonyl (C=O) groups excluding carboxylic acids is 1. The number of nitrogens with two attached hydrogens (primary N) is 1. The van der Waals surface area contributed by atoms with Gasteiger partial charge in [0.1, 0.15) is 4.99 Å². The van der Waals surface area contributed by atoms with Crippen LogP contribution in [0.3, 0.4) is 0 Å². The lowest BCUT2D eigenvalue weighted by Crippen LogP contribution is -2.50. The molecule has 3 N–H and O–H groups in total. The molecule has 0 spiro atoms. The van der Waals surface area contributed by atoms with E-state index in [2.05, 4.69) is 5.43 Å². The van der Waals surface area contributed by atoms with Gasteiger partial charge in [-0.25, -0.2) is 4.79 Å².